The second-order valence-corrected chi connectivity index (χ2v) is 7.59. The highest BCUT2D eigenvalue weighted by atomic mass is 16.5. The Labute approximate surface area is 180 Å². The summed E-state index contributed by atoms with van der Waals surface area (Å²) in [4.78, 5) is 17.9. The SMILES string of the molecule is CN=C(NCCCCN1CCC(C(N)=O)CC1)NCCc1ccc(OC)c(OC)c1. The van der Waals surface area contributed by atoms with Gasteiger partial charge in [-0.2, -0.15) is 0 Å². The van der Waals surface area contributed by atoms with Gasteiger partial charge in [0.25, 0.3) is 0 Å². The number of amides is 1. The number of unbranched alkanes of at least 4 members (excludes halogenated alkanes) is 1. The van der Waals surface area contributed by atoms with Crippen LogP contribution in [0.3, 0.4) is 0 Å². The fraction of sp³-hybridized carbons (Fsp3) is 0.636. The molecule has 0 atom stereocenters. The lowest BCUT2D eigenvalue weighted by Gasteiger charge is -2.30. The van der Waals surface area contributed by atoms with Crippen molar-refractivity contribution in [3.8, 4) is 11.5 Å². The van der Waals surface area contributed by atoms with E-state index in [1.807, 2.05) is 18.2 Å². The normalized spacial score (nSPS) is 15.6. The number of likely N-dealkylation sites (tertiary alicyclic amines) is 1. The van der Waals surface area contributed by atoms with Crippen molar-refractivity contribution >= 4 is 11.9 Å². The van der Waals surface area contributed by atoms with Crippen LogP contribution in [-0.2, 0) is 11.2 Å². The summed E-state index contributed by atoms with van der Waals surface area (Å²) in [5.74, 6) is 2.22. The maximum atomic E-state index is 11.2. The first-order valence-corrected chi connectivity index (χ1v) is 10.7. The van der Waals surface area contributed by atoms with Crippen molar-refractivity contribution in [2.24, 2.45) is 16.6 Å². The number of guanidine groups is 1. The molecule has 1 aliphatic heterocycles. The second kappa shape index (κ2) is 13.0. The lowest BCUT2D eigenvalue weighted by Crippen LogP contribution is -2.40. The molecule has 8 heteroatoms. The lowest BCUT2D eigenvalue weighted by atomic mass is 9.96. The Morgan fingerprint density at radius 2 is 1.83 bits per heavy atom. The van der Waals surface area contributed by atoms with Crippen LogP contribution in [-0.4, -0.2) is 70.8 Å². The maximum absolute atomic E-state index is 11.2. The first-order chi connectivity index (χ1) is 14.6. The minimum atomic E-state index is -0.149. The van der Waals surface area contributed by atoms with E-state index >= 15 is 0 Å². The highest BCUT2D eigenvalue weighted by Crippen LogP contribution is 2.27. The van der Waals surface area contributed by atoms with Crippen molar-refractivity contribution in [2.75, 3.05) is 54.0 Å². The summed E-state index contributed by atoms with van der Waals surface area (Å²) in [5, 5.41) is 6.72. The quantitative estimate of drug-likeness (QED) is 0.285. The Bertz CT molecular complexity index is 687. The van der Waals surface area contributed by atoms with Crippen molar-refractivity contribution in [3.63, 3.8) is 0 Å². The van der Waals surface area contributed by atoms with E-state index in [1.165, 1.54) is 5.56 Å². The first-order valence-electron chi connectivity index (χ1n) is 10.7. The smallest absolute Gasteiger partial charge is 0.220 e. The number of ether oxygens (including phenoxy) is 2. The fourth-order valence-electron chi connectivity index (χ4n) is 3.69. The van der Waals surface area contributed by atoms with Gasteiger partial charge in [0.1, 0.15) is 0 Å². The standard InChI is InChI=1S/C22H37N5O3/c1-24-22(26-12-8-17-6-7-19(29-2)20(16-17)30-3)25-11-4-5-13-27-14-9-18(10-15-27)21(23)28/h6-7,16,18H,4-5,8-15H2,1-3H3,(H2,23,28)(H2,24,25,26). The van der Waals surface area contributed by atoms with E-state index in [0.29, 0.717) is 0 Å². The topological polar surface area (TPSA) is 101 Å². The summed E-state index contributed by atoms with van der Waals surface area (Å²) < 4.78 is 10.6. The van der Waals surface area contributed by atoms with Crippen LogP contribution in [0.2, 0.25) is 0 Å². The highest BCUT2D eigenvalue weighted by molar-refractivity contribution is 5.79. The molecule has 1 amide bonds. The van der Waals surface area contributed by atoms with Gasteiger partial charge >= 0.3 is 0 Å². The van der Waals surface area contributed by atoms with E-state index in [-0.39, 0.29) is 11.8 Å². The third kappa shape index (κ3) is 7.74. The zero-order valence-electron chi connectivity index (χ0n) is 18.6. The van der Waals surface area contributed by atoms with Gasteiger partial charge in [0.15, 0.2) is 17.5 Å². The minimum absolute atomic E-state index is 0.0660. The molecule has 0 spiro atoms. The molecule has 0 saturated carbocycles. The lowest BCUT2D eigenvalue weighted by molar-refractivity contribution is -0.123. The molecule has 0 aliphatic carbocycles. The molecule has 1 aliphatic rings. The number of aliphatic imine (C=N–C) groups is 1. The third-order valence-corrected chi connectivity index (χ3v) is 5.56. The molecule has 1 aromatic rings. The van der Waals surface area contributed by atoms with Crippen LogP contribution in [0.4, 0.5) is 0 Å². The number of carbonyl (C=O) groups is 1. The number of hydrogen-bond acceptors (Lipinski definition) is 5. The second-order valence-electron chi connectivity index (χ2n) is 7.59. The number of piperidine rings is 1. The van der Waals surface area contributed by atoms with Gasteiger partial charge in [-0.05, 0) is 69.4 Å². The van der Waals surface area contributed by atoms with Crippen molar-refractivity contribution in [2.45, 2.75) is 32.1 Å². The molecule has 0 radical (unpaired) electrons. The van der Waals surface area contributed by atoms with Crippen LogP contribution in [0.1, 0.15) is 31.2 Å². The van der Waals surface area contributed by atoms with Crippen LogP contribution in [0.25, 0.3) is 0 Å². The number of nitrogens with zero attached hydrogens (tertiary/aromatic N) is 2. The summed E-state index contributed by atoms with van der Waals surface area (Å²) in [6, 6.07) is 5.98. The van der Waals surface area contributed by atoms with E-state index in [1.54, 1.807) is 21.3 Å². The predicted octanol–water partition coefficient (Wildman–Crippen LogP) is 1.39. The van der Waals surface area contributed by atoms with Gasteiger partial charge in [-0.25, -0.2) is 0 Å². The maximum Gasteiger partial charge on any atom is 0.220 e. The Balaban J connectivity index is 1.59. The molecular formula is C22H37N5O3. The van der Waals surface area contributed by atoms with Crippen LogP contribution in [0, 0.1) is 5.92 Å². The number of nitrogens with two attached hydrogens (primary N) is 1. The summed E-state index contributed by atoms with van der Waals surface area (Å²) >= 11 is 0. The number of hydrogen-bond donors (Lipinski definition) is 3. The van der Waals surface area contributed by atoms with E-state index < -0.39 is 0 Å². The highest BCUT2D eigenvalue weighted by Gasteiger charge is 2.22. The van der Waals surface area contributed by atoms with Crippen LogP contribution in [0.5, 0.6) is 11.5 Å². The zero-order chi connectivity index (χ0) is 21.8. The van der Waals surface area contributed by atoms with Crippen molar-refractivity contribution in [3.05, 3.63) is 23.8 Å². The monoisotopic (exact) mass is 419 g/mol. The number of nitrogens with one attached hydrogen (secondary N) is 2. The van der Waals surface area contributed by atoms with E-state index in [0.717, 1.165) is 82.3 Å². The van der Waals surface area contributed by atoms with Crippen molar-refractivity contribution < 1.29 is 14.3 Å². The van der Waals surface area contributed by atoms with Gasteiger partial charge in [0.05, 0.1) is 14.2 Å². The molecule has 2 rings (SSSR count). The molecule has 1 heterocycles. The number of methoxy groups -OCH3 is 2. The molecule has 1 saturated heterocycles. The van der Waals surface area contributed by atoms with Gasteiger partial charge in [-0.15, -0.1) is 0 Å². The average Bonchev–Trinajstić information content (AvgIpc) is 2.77. The Kier molecular flexibility index (Phi) is 10.3. The molecule has 168 valence electrons. The van der Waals surface area contributed by atoms with Gasteiger partial charge < -0.3 is 30.7 Å². The number of primary amides is 1. The minimum Gasteiger partial charge on any atom is -0.493 e. The number of rotatable bonds is 11. The molecule has 30 heavy (non-hydrogen) atoms. The number of benzene rings is 1. The van der Waals surface area contributed by atoms with Crippen LogP contribution in [0.15, 0.2) is 23.2 Å². The molecule has 0 bridgehead atoms. The third-order valence-electron chi connectivity index (χ3n) is 5.56. The Morgan fingerprint density at radius 1 is 1.13 bits per heavy atom. The Morgan fingerprint density at radius 3 is 2.47 bits per heavy atom. The summed E-state index contributed by atoms with van der Waals surface area (Å²) in [6.07, 6.45) is 4.85. The fourth-order valence-corrected chi connectivity index (χ4v) is 3.69. The van der Waals surface area contributed by atoms with E-state index in [9.17, 15) is 4.79 Å². The van der Waals surface area contributed by atoms with Gasteiger partial charge in [-0.1, -0.05) is 6.07 Å². The molecule has 0 unspecified atom stereocenters. The predicted molar refractivity (Wildman–Crippen MR) is 120 cm³/mol. The molecular weight excluding hydrogens is 382 g/mol. The zero-order valence-corrected chi connectivity index (χ0v) is 18.6. The molecule has 8 nitrogen and oxygen atoms in total. The first kappa shape index (κ1) is 23.8. The molecule has 1 fully saturated rings. The summed E-state index contributed by atoms with van der Waals surface area (Å²) in [7, 11) is 5.07. The largest absolute Gasteiger partial charge is 0.493 e. The van der Waals surface area contributed by atoms with Gasteiger partial charge in [0, 0.05) is 26.1 Å². The average molecular weight is 420 g/mol. The van der Waals surface area contributed by atoms with Crippen molar-refractivity contribution in [1.29, 1.82) is 0 Å². The Hall–Kier alpha value is -2.48. The van der Waals surface area contributed by atoms with E-state index in [4.69, 9.17) is 15.2 Å². The van der Waals surface area contributed by atoms with Crippen LogP contribution < -0.4 is 25.8 Å². The molecule has 4 N–H and O–H groups in total. The molecule has 1 aromatic carbocycles. The number of carbonyl (C=O) groups excluding carboxylic acids is 1. The summed E-state index contributed by atoms with van der Waals surface area (Å²) in [5.41, 5.74) is 6.57. The summed E-state index contributed by atoms with van der Waals surface area (Å²) in [6.45, 7) is 4.68. The van der Waals surface area contributed by atoms with Crippen molar-refractivity contribution in [1.82, 2.24) is 15.5 Å². The van der Waals surface area contributed by atoms with Gasteiger partial charge in [-0.3, -0.25) is 9.79 Å². The van der Waals surface area contributed by atoms with E-state index in [2.05, 4.69) is 20.5 Å². The van der Waals surface area contributed by atoms with Gasteiger partial charge in [0.2, 0.25) is 5.91 Å². The molecule has 0 aromatic heterocycles. The van der Waals surface area contributed by atoms with Crippen LogP contribution >= 0.6 is 0 Å².